The lowest BCUT2D eigenvalue weighted by Crippen LogP contribution is -2.49. The van der Waals surface area contributed by atoms with E-state index in [4.69, 9.17) is 9.63 Å². The Kier molecular flexibility index (Phi) is 6.84. The van der Waals surface area contributed by atoms with Gasteiger partial charge in [0.25, 0.3) is 11.8 Å². The van der Waals surface area contributed by atoms with E-state index in [-0.39, 0.29) is 29.7 Å². The number of phenolic OH excluding ortho intramolecular Hbond substituents is 1. The quantitative estimate of drug-likeness (QED) is 0.305. The SMILES string of the molecule is N.O=C(NCC12CCC(c3noc(-c4cnc(C(F)(F)F)cn4)n3)(CC1)CC2)c1cc(F)c(O)c(F)c1F. The van der Waals surface area contributed by atoms with Crippen molar-refractivity contribution in [1.29, 1.82) is 0 Å². The molecule has 15 heteroatoms. The van der Waals surface area contributed by atoms with Gasteiger partial charge in [-0.2, -0.15) is 22.5 Å². The molecule has 38 heavy (non-hydrogen) atoms. The third-order valence-electron chi connectivity index (χ3n) is 7.47. The van der Waals surface area contributed by atoms with Gasteiger partial charge in [-0.25, -0.2) is 18.7 Å². The van der Waals surface area contributed by atoms with E-state index in [1.807, 2.05) is 0 Å². The number of nitrogens with one attached hydrogen (secondary N) is 1. The number of hydrogen-bond donors (Lipinski definition) is 3. The Morgan fingerprint density at radius 3 is 2.26 bits per heavy atom. The molecule has 0 aliphatic heterocycles. The summed E-state index contributed by atoms with van der Waals surface area (Å²) in [5.41, 5.74) is -2.69. The zero-order valence-electron chi connectivity index (χ0n) is 19.7. The van der Waals surface area contributed by atoms with E-state index in [9.17, 15) is 31.1 Å². The molecule has 3 aromatic rings. The molecule has 9 nitrogen and oxygen atoms in total. The summed E-state index contributed by atoms with van der Waals surface area (Å²) in [5, 5.41) is 15.7. The number of rotatable bonds is 5. The molecule has 0 atom stereocenters. The number of amides is 1. The second-order valence-corrected chi connectivity index (χ2v) is 9.55. The molecule has 204 valence electrons. The van der Waals surface area contributed by atoms with Gasteiger partial charge in [0.1, 0.15) is 5.69 Å². The Labute approximate surface area is 211 Å². The molecule has 1 aromatic carbocycles. The van der Waals surface area contributed by atoms with Gasteiger partial charge in [0.05, 0.1) is 18.0 Å². The molecule has 3 aliphatic rings. The Hall–Kier alpha value is -3.75. The van der Waals surface area contributed by atoms with Crippen molar-refractivity contribution >= 4 is 5.91 Å². The van der Waals surface area contributed by atoms with Crippen molar-refractivity contribution < 1.29 is 40.8 Å². The first-order chi connectivity index (χ1) is 17.4. The van der Waals surface area contributed by atoms with Crippen LogP contribution in [-0.2, 0) is 11.6 Å². The molecule has 3 saturated carbocycles. The summed E-state index contributed by atoms with van der Waals surface area (Å²) in [6.45, 7) is 0.157. The lowest BCUT2D eigenvalue weighted by atomic mass is 9.53. The van der Waals surface area contributed by atoms with Crippen molar-refractivity contribution in [1.82, 2.24) is 31.6 Å². The minimum atomic E-state index is -4.62. The van der Waals surface area contributed by atoms with Gasteiger partial charge in [0.15, 0.2) is 28.9 Å². The minimum absolute atomic E-state index is 0. The summed E-state index contributed by atoms with van der Waals surface area (Å²) in [5.74, 6) is -7.01. The van der Waals surface area contributed by atoms with E-state index in [1.165, 1.54) is 0 Å². The molecule has 2 bridgehead atoms. The predicted octanol–water partition coefficient (Wildman–Crippen LogP) is 4.85. The molecule has 2 aromatic heterocycles. The van der Waals surface area contributed by atoms with Crippen molar-refractivity contribution in [3.05, 3.63) is 53.0 Å². The number of hydrogen-bond acceptors (Lipinski definition) is 8. The standard InChI is InChI=1S/C23H19F6N5O3.H3N/c24-12-7-11(15(25)16(26)17(12)35)18(36)32-10-21-1-4-22(5-2-21,6-3-21)20-33-19(37-34-20)13-8-31-14(9-30-13)23(27,28)29;/h7-9,35H,1-6,10H2,(H,32,36);1H3. The maximum atomic E-state index is 14.0. The number of carbonyl (C=O) groups is 1. The Bertz CT molecular complexity index is 1340. The molecule has 0 unspecified atom stereocenters. The number of aromatic hydroxyl groups is 1. The molecule has 0 spiro atoms. The van der Waals surface area contributed by atoms with Crippen LogP contribution in [0, 0.1) is 22.9 Å². The zero-order valence-corrected chi connectivity index (χ0v) is 19.7. The second-order valence-electron chi connectivity index (χ2n) is 9.55. The number of aromatic nitrogens is 4. The Morgan fingerprint density at radius 2 is 1.68 bits per heavy atom. The number of carbonyl (C=O) groups excluding carboxylic acids is 1. The highest BCUT2D eigenvalue weighted by molar-refractivity contribution is 5.94. The van der Waals surface area contributed by atoms with Gasteiger partial charge in [0.2, 0.25) is 5.82 Å². The number of alkyl halides is 3. The van der Waals surface area contributed by atoms with E-state index in [0.717, 1.165) is 6.20 Å². The second kappa shape index (κ2) is 9.53. The van der Waals surface area contributed by atoms with Crippen LogP contribution in [0.1, 0.15) is 60.4 Å². The van der Waals surface area contributed by atoms with Crippen LogP contribution in [0.5, 0.6) is 5.75 Å². The van der Waals surface area contributed by atoms with Gasteiger partial charge in [-0.15, -0.1) is 0 Å². The number of fused-ring (bicyclic) bond motifs is 3. The summed E-state index contributed by atoms with van der Waals surface area (Å²) in [4.78, 5) is 23.9. The molecular weight excluding hydrogens is 522 g/mol. The highest BCUT2D eigenvalue weighted by Gasteiger charge is 2.51. The normalized spacial score (nSPS) is 22.7. The van der Waals surface area contributed by atoms with E-state index in [2.05, 4.69) is 25.4 Å². The largest absolute Gasteiger partial charge is 0.503 e. The minimum Gasteiger partial charge on any atom is -0.503 e. The van der Waals surface area contributed by atoms with Gasteiger partial charge >= 0.3 is 6.18 Å². The summed E-state index contributed by atoms with van der Waals surface area (Å²) < 4.78 is 84.6. The molecule has 2 heterocycles. The molecular formula is C23H22F6N6O3. The molecule has 5 N–H and O–H groups in total. The monoisotopic (exact) mass is 544 g/mol. The topological polar surface area (TPSA) is 149 Å². The number of benzene rings is 1. The molecule has 3 fully saturated rings. The summed E-state index contributed by atoms with van der Waals surface area (Å²) in [7, 11) is 0. The average Bonchev–Trinajstić information content (AvgIpc) is 3.40. The van der Waals surface area contributed by atoms with Crippen LogP contribution < -0.4 is 11.5 Å². The predicted molar refractivity (Wildman–Crippen MR) is 117 cm³/mol. The summed E-state index contributed by atoms with van der Waals surface area (Å²) in [6.07, 6.45) is 0.751. The summed E-state index contributed by atoms with van der Waals surface area (Å²) >= 11 is 0. The number of halogens is 6. The Balaban J connectivity index is 0.00000336. The number of phenols is 1. The Morgan fingerprint density at radius 1 is 1.03 bits per heavy atom. The van der Waals surface area contributed by atoms with Crippen LogP contribution in [0.3, 0.4) is 0 Å². The van der Waals surface area contributed by atoms with Crippen LogP contribution >= 0.6 is 0 Å². The highest BCUT2D eigenvalue weighted by Crippen LogP contribution is 2.57. The van der Waals surface area contributed by atoms with Gasteiger partial charge < -0.3 is 21.1 Å². The van der Waals surface area contributed by atoms with Crippen LogP contribution in [0.25, 0.3) is 11.6 Å². The van der Waals surface area contributed by atoms with Crippen molar-refractivity contribution in [3.8, 4) is 17.3 Å². The first-order valence-electron chi connectivity index (χ1n) is 11.3. The van der Waals surface area contributed by atoms with Gasteiger partial charge in [-0.1, -0.05) is 5.16 Å². The lowest BCUT2D eigenvalue weighted by Gasteiger charge is -2.52. The van der Waals surface area contributed by atoms with E-state index in [1.54, 1.807) is 0 Å². The van der Waals surface area contributed by atoms with Crippen LogP contribution in [-0.4, -0.2) is 37.7 Å². The maximum Gasteiger partial charge on any atom is 0.434 e. The highest BCUT2D eigenvalue weighted by atomic mass is 19.4. The van der Waals surface area contributed by atoms with Crippen molar-refractivity contribution in [2.24, 2.45) is 5.41 Å². The van der Waals surface area contributed by atoms with E-state index < -0.39 is 52.0 Å². The maximum absolute atomic E-state index is 14.0. The fraction of sp³-hybridized carbons (Fsp3) is 0.435. The molecule has 0 radical (unpaired) electrons. The van der Waals surface area contributed by atoms with Crippen LogP contribution in [0.2, 0.25) is 0 Å². The zero-order chi connectivity index (χ0) is 26.6. The third kappa shape index (κ3) is 4.66. The van der Waals surface area contributed by atoms with E-state index >= 15 is 0 Å². The van der Waals surface area contributed by atoms with E-state index in [0.29, 0.717) is 56.6 Å². The first-order valence-corrected chi connectivity index (χ1v) is 11.3. The molecule has 6 rings (SSSR count). The fourth-order valence-electron chi connectivity index (χ4n) is 5.11. The van der Waals surface area contributed by atoms with Gasteiger partial charge in [0, 0.05) is 12.0 Å². The van der Waals surface area contributed by atoms with Gasteiger partial charge in [-0.3, -0.25) is 4.79 Å². The van der Waals surface area contributed by atoms with Crippen molar-refractivity contribution in [2.75, 3.05) is 6.54 Å². The third-order valence-corrected chi connectivity index (χ3v) is 7.47. The van der Waals surface area contributed by atoms with Crippen molar-refractivity contribution in [2.45, 2.75) is 50.1 Å². The van der Waals surface area contributed by atoms with Crippen LogP contribution in [0.4, 0.5) is 26.3 Å². The smallest absolute Gasteiger partial charge is 0.434 e. The summed E-state index contributed by atoms with van der Waals surface area (Å²) in [6, 6.07) is 0.447. The average molecular weight is 544 g/mol. The number of nitrogens with zero attached hydrogens (tertiary/aromatic N) is 4. The molecule has 3 aliphatic carbocycles. The molecule has 1 amide bonds. The van der Waals surface area contributed by atoms with Gasteiger partial charge in [-0.05, 0) is 50.0 Å². The lowest BCUT2D eigenvalue weighted by molar-refractivity contribution is -0.141. The fourth-order valence-corrected chi connectivity index (χ4v) is 5.11. The molecule has 0 saturated heterocycles. The van der Waals surface area contributed by atoms with Crippen molar-refractivity contribution in [3.63, 3.8) is 0 Å². The van der Waals surface area contributed by atoms with Crippen LogP contribution in [0.15, 0.2) is 23.0 Å². The first kappa shape index (κ1) is 27.3.